The summed E-state index contributed by atoms with van der Waals surface area (Å²) >= 11 is 23.1. The van der Waals surface area contributed by atoms with E-state index in [2.05, 4.69) is 19.6 Å². The summed E-state index contributed by atoms with van der Waals surface area (Å²) in [6, 6.07) is 0. The van der Waals surface area contributed by atoms with Gasteiger partial charge in [0, 0.05) is 8.07 Å². The minimum absolute atomic E-state index is 0.265. The van der Waals surface area contributed by atoms with E-state index in [1.807, 2.05) is 0 Å². The van der Waals surface area contributed by atoms with Crippen molar-refractivity contribution in [2.75, 3.05) is 0 Å². The first-order chi connectivity index (χ1) is 5.25. The van der Waals surface area contributed by atoms with E-state index in [-0.39, 0.29) is 16.5 Å². The third-order valence-electron chi connectivity index (χ3n) is 1.85. The van der Waals surface area contributed by atoms with E-state index in [4.69, 9.17) is 45.8 Å². The smallest absolute Gasteiger partial charge is 0.172 e. The molecule has 0 fully saturated rings. The van der Waals surface area contributed by atoms with Crippen molar-refractivity contribution in [2.45, 2.75) is 31.4 Å². The van der Waals surface area contributed by atoms with E-state index < -0.39 is 8.07 Å². The van der Waals surface area contributed by atoms with Crippen LogP contribution >= 0.6 is 45.8 Å². The molecule has 0 saturated heterocycles. The Bertz CT molecular complexity index is 136. The standard InChI is InChI=1S/C5H12B2Cl4Si/c1-12(2,3)5(7(10)11)4-6(8)9/h5H,4H2,1-3H3. The van der Waals surface area contributed by atoms with Crippen LogP contribution in [0.15, 0.2) is 0 Å². The van der Waals surface area contributed by atoms with Crippen LogP contribution in [-0.2, 0) is 0 Å². The Morgan fingerprint density at radius 1 is 1.08 bits per heavy atom. The summed E-state index contributed by atoms with van der Waals surface area (Å²) in [6.07, 6.45) is 0.691. The van der Waals surface area contributed by atoms with E-state index in [0.717, 1.165) is 0 Å². The van der Waals surface area contributed by atoms with Gasteiger partial charge in [-0.3, -0.25) is 0 Å². The molecule has 12 heavy (non-hydrogen) atoms. The van der Waals surface area contributed by atoms with E-state index in [1.165, 1.54) is 0 Å². The fourth-order valence-electron chi connectivity index (χ4n) is 1.03. The molecule has 0 aliphatic carbocycles. The Labute approximate surface area is 96.1 Å². The molecular weight excluding hydrogens is 252 g/mol. The lowest BCUT2D eigenvalue weighted by atomic mass is 9.85. The first-order valence-corrected chi connectivity index (χ1v) is 9.13. The van der Waals surface area contributed by atoms with Gasteiger partial charge in [0.1, 0.15) is 0 Å². The van der Waals surface area contributed by atoms with Crippen molar-refractivity contribution in [1.29, 1.82) is 0 Å². The van der Waals surface area contributed by atoms with Crippen LogP contribution in [-0.4, -0.2) is 19.2 Å². The lowest BCUT2D eigenvalue weighted by Crippen LogP contribution is -2.35. The number of halogens is 4. The lowest BCUT2D eigenvalue weighted by Gasteiger charge is -2.28. The van der Waals surface area contributed by atoms with Crippen molar-refractivity contribution in [1.82, 2.24) is 0 Å². The molecule has 0 aliphatic rings. The highest BCUT2D eigenvalue weighted by Gasteiger charge is 2.36. The Balaban J connectivity index is 4.25. The van der Waals surface area contributed by atoms with Gasteiger partial charge in [-0.25, -0.2) is 0 Å². The molecule has 0 amide bonds. The summed E-state index contributed by atoms with van der Waals surface area (Å²) in [7, 11) is -1.35. The third kappa shape index (κ3) is 5.28. The van der Waals surface area contributed by atoms with E-state index in [9.17, 15) is 0 Å². The van der Waals surface area contributed by atoms with Gasteiger partial charge < -0.3 is 0 Å². The molecule has 0 saturated carbocycles. The van der Waals surface area contributed by atoms with Crippen LogP contribution in [0.4, 0.5) is 0 Å². The Morgan fingerprint density at radius 3 is 1.58 bits per heavy atom. The summed E-state index contributed by atoms with van der Waals surface area (Å²) in [5.41, 5.74) is -0.445. The molecule has 0 N–H and O–H groups in total. The van der Waals surface area contributed by atoms with E-state index >= 15 is 0 Å². The largest absolute Gasteiger partial charge is 0.351 e. The van der Waals surface area contributed by atoms with Crippen molar-refractivity contribution < 1.29 is 0 Å². The summed E-state index contributed by atoms with van der Waals surface area (Å²) in [4.78, 5) is 0. The highest BCUT2D eigenvalue weighted by molar-refractivity contribution is 7.39. The SMILES string of the molecule is C[Si](C)(C)C(CB(Cl)Cl)B(Cl)Cl. The van der Waals surface area contributed by atoms with Gasteiger partial charge in [0.2, 0.25) is 0 Å². The number of hydrogen-bond acceptors (Lipinski definition) is 0. The van der Waals surface area contributed by atoms with Crippen molar-refractivity contribution in [3.8, 4) is 0 Å². The third-order valence-corrected chi connectivity index (χ3v) is 6.03. The van der Waals surface area contributed by atoms with Crippen molar-refractivity contribution in [3.63, 3.8) is 0 Å². The zero-order chi connectivity index (χ0) is 9.94. The second kappa shape index (κ2) is 5.40. The topological polar surface area (TPSA) is 0 Å². The van der Waals surface area contributed by atoms with Gasteiger partial charge in [-0.15, -0.1) is 0 Å². The van der Waals surface area contributed by atoms with Crippen LogP contribution in [0.3, 0.4) is 0 Å². The van der Waals surface area contributed by atoms with Crippen LogP contribution in [0, 0.1) is 0 Å². The van der Waals surface area contributed by atoms with Crippen LogP contribution < -0.4 is 0 Å². The molecule has 0 aromatic carbocycles. The average molecular weight is 264 g/mol. The van der Waals surface area contributed by atoms with Crippen LogP contribution in [0.1, 0.15) is 0 Å². The first kappa shape index (κ1) is 13.5. The van der Waals surface area contributed by atoms with Crippen molar-refractivity contribution in [2.24, 2.45) is 0 Å². The second-order valence-electron chi connectivity index (χ2n) is 3.93. The van der Waals surface area contributed by atoms with Crippen molar-refractivity contribution in [3.05, 3.63) is 0 Å². The molecule has 0 spiro atoms. The summed E-state index contributed by atoms with van der Waals surface area (Å²) in [6.45, 7) is 6.64. The zero-order valence-corrected chi connectivity index (χ0v) is 11.5. The molecular formula is C5H12B2Cl4Si. The zero-order valence-electron chi connectivity index (χ0n) is 7.45. The fraction of sp³-hybridized carbons (Fsp3) is 1.00. The Kier molecular flexibility index (Phi) is 6.08. The molecule has 1 unspecified atom stereocenters. The predicted octanol–water partition coefficient (Wildman–Crippen LogP) is 4.17. The molecule has 0 rings (SSSR count). The maximum Gasteiger partial charge on any atom is 0.351 e. The van der Waals surface area contributed by atoms with Gasteiger partial charge in [0.25, 0.3) is 0 Å². The quantitative estimate of drug-likeness (QED) is 0.668. The first-order valence-electron chi connectivity index (χ1n) is 3.81. The lowest BCUT2D eigenvalue weighted by molar-refractivity contribution is 1.23. The number of hydrogen-bond donors (Lipinski definition) is 0. The van der Waals surface area contributed by atoms with Crippen molar-refractivity contribution >= 4 is 65.0 Å². The second-order valence-corrected chi connectivity index (χ2v) is 11.8. The molecule has 0 heterocycles. The monoisotopic (exact) mass is 262 g/mol. The van der Waals surface area contributed by atoms with Gasteiger partial charge in [-0.05, 0) is 11.8 Å². The van der Waals surface area contributed by atoms with Crippen LogP contribution in [0.25, 0.3) is 0 Å². The fourth-order valence-corrected chi connectivity index (χ4v) is 5.88. The molecule has 1 atom stereocenters. The molecule has 0 radical (unpaired) electrons. The summed E-state index contributed by atoms with van der Waals surface area (Å²) < 4.78 is 0. The highest BCUT2D eigenvalue weighted by Crippen LogP contribution is 2.34. The predicted molar refractivity (Wildman–Crippen MR) is 66.8 cm³/mol. The van der Waals surface area contributed by atoms with Gasteiger partial charge >= 0.3 is 11.1 Å². The number of rotatable bonds is 4. The normalized spacial score (nSPS) is 14.2. The van der Waals surface area contributed by atoms with Crippen LogP contribution in [0.5, 0.6) is 0 Å². The molecule has 70 valence electrons. The minimum atomic E-state index is -1.35. The van der Waals surface area contributed by atoms with Gasteiger partial charge in [0.15, 0.2) is 0 Å². The van der Waals surface area contributed by atoms with Crippen LogP contribution in [0.2, 0.25) is 31.4 Å². The molecule has 7 heteroatoms. The molecule has 0 aromatic rings. The maximum absolute atomic E-state index is 5.86. The molecule has 0 bridgehead atoms. The van der Waals surface area contributed by atoms with E-state index in [1.54, 1.807) is 0 Å². The minimum Gasteiger partial charge on any atom is -0.172 e. The van der Waals surface area contributed by atoms with E-state index in [0.29, 0.717) is 6.32 Å². The van der Waals surface area contributed by atoms with Gasteiger partial charge in [-0.2, -0.15) is 45.8 Å². The van der Waals surface area contributed by atoms with Gasteiger partial charge in [-0.1, -0.05) is 19.6 Å². The Hall–Kier alpha value is 1.51. The molecule has 0 nitrogen and oxygen atoms in total. The van der Waals surface area contributed by atoms with Gasteiger partial charge in [0.05, 0.1) is 0 Å². The maximum atomic E-state index is 5.86. The Morgan fingerprint density at radius 2 is 1.50 bits per heavy atom. The summed E-state index contributed by atoms with van der Waals surface area (Å²) in [5.74, 6) is 0. The molecule has 0 aliphatic heterocycles. The average Bonchev–Trinajstić information content (AvgIpc) is 1.79. The highest BCUT2D eigenvalue weighted by atomic mass is 35.5. The molecule has 0 aromatic heterocycles. The summed E-state index contributed by atoms with van der Waals surface area (Å²) in [5, 5.41) is 0.